The molecule has 0 aliphatic rings. The van der Waals surface area contributed by atoms with Crippen LogP contribution in [0.3, 0.4) is 0 Å². The molecule has 11 N–H and O–H groups in total. The highest BCUT2D eigenvalue weighted by molar-refractivity contribution is 5.98. The van der Waals surface area contributed by atoms with Gasteiger partial charge in [-0.15, -0.1) is 0 Å². The maximum absolute atomic E-state index is 14.4. The minimum Gasteiger partial charge on any atom is -0.481 e. The van der Waals surface area contributed by atoms with Gasteiger partial charge < -0.3 is 57.7 Å². The summed E-state index contributed by atoms with van der Waals surface area (Å²) in [4.78, 5) is 140. The fourth-order valence-corrected chi connectivity index (χ4v) is 6.31. The van der Waals surface area contributed by atoms with E-state index in [1.54, 1.807) is 84.9 Å². The minimum atomic E-state index is -2.27. The van der Waals surface area contributed by atoms with Crippen LogP contribution < -0.4 is 37.6 Å². The van der Waals surface area contributed by atoms with E-state index in [0.717, 1.165) is 0 Å². The monoisotopic (exact) mass is 917 g/mol. The van der Waals surface area contributed by atoms with Gasteiger partial charge in [-0.05, 0) is 55.6 Å². The molecule has 0 aliphatic carbocycles. The van der Waals surface area contributed by atoms with E-state index in [1.165, 1.54) is 0 Å². The van der Waals surface area contributed by atoms with Gasteiger partial charge in [0.25, 0.3) is 18.1 Å². The molecule has 0 aliphatic heterocycles. The summed E-state index contributed by atoms with van der Waals surface area (Å²) in [5, 5.41) is 42.3. The molecule has 0 bridgehead atoms. The van der Waals surface area contributed by atoms with E-state index in [4.69, 9.17) is 15.6 Å². The number of amides is 7. The topological polar surface area (TPSA) is 356 Å². The highest BCUT2D eigenvalue weighted by Gasteiger charge is 2.43. The highest BCUT2D eigenvalue weighted by atomic mass is 16.6. The third kappa shape index (κ3) is 20.0. The second-order valence-electron chi connectivity index (χ2n) is 16.8. The maximum Gasteiger partial charge on any atom is 0.305 e. The van der Waals surface area contributed by atoms with Crippen LogP contribution in [0.5, 0.6) is 0 Å². The van der Waals surface area contributed by atoms with E-state index >= 15 is 0 Å². The SMILES string of the molecule is CC=CCCC(NC(=O)[C@H](CC(C)C)NC(=O)[C@@H](NC(=O)[C@H](Cc1ccccc1C)NC(=O)[C@H](CCC(=O)O)NC(=O)[C@H](CC(=O)O)NC(=O)CCC(=O)O)C(C)(C)C)(OC=O)C(N)=O. The summed E-state index contributed by atoms with van der Waals surface area (Å²) in [6, 6.07) is -1.10. The number of hydrogen-bond donors (Lipinski definition) is 10. The Labute approximate surface area is 376 Å². The summed E-state index contributed by atoms with van der Waals surface area (Å²) in [7, 11) is 0. The Hall–Kier alpha value is -6.87. The number of aryl methyl sites for hydroxylation is 1. The molecule has 1 unspecified atom stereocenters. The summed E-state index contributed by atoms with van der Waals surface area (Å²) < 4.78 is 5.03. The number of rotatable bonds is 29. The van der Waals surface area contributed by atoms with Gasteiger partial charge in [0.15, 0.2) is 0 Å². The number of hydrogen-bond acceptors (Lipinski definition) is 12. The van der Waals surface area contributed by atoms with Crippen molar-refractivity contribution in [3.63, 3.8) is 0 Å². The molecule has 0 radical (unpaired) electrons. The van der Waals surface area contributed by atoms with Gasteiger partial charge in [0.1, 0.15) is 30.2 Å². The Balaban J connectivity index is 3.65. The standard InChI is InChI=1S/C43H63N7O15/c1-8-9-12-19-43(41(44)64,65-23-51)50-39(62)28(20-24(2)3)48-40(63)35(42(5,6)7)49-38(61)29(21-26-14-11-10-13-25(26)4)47-36(59)27(15-17-32(53)54)46-37(60)30(22-34(57)58)45-31(52)16-18-33(55)56/h8-11,13-14,23-24,27-30,35H,12,15-22H2,1-7H3,(H2,44,64)(H,45,52)(H,46,60)(H,47,59)(H,48,63)(H,49,61)(H,50,62)(H,53,54)(H,55,56)(H,57,58)/t27-,28-,29-,30-,35+,43?/m0/s1. The Morgan fingerprint density at radius 1 is 0.723 bits per heavy atom. The van der Waals surface area contributed by atoms with E-state index in [2.05, 4.69) is 31.9 Å². The molecule has 22 heteroatoms. The van der Waals surface area contributed by atoms with Gasteiger partial charge in [-0.1, -0.05) is 71.0 Å². The number of ether oxygens (including phenoxy) is 1. The minimum absolute atomic E-state index is 0.00192. The van der Waals surface area contributed by atoms with E-state index in [-0.39, 0.29) is 38.1 Å². The van der Waals surface area contributed by atoms with E-state index < -0.39 is 133 Å². The van der Waals surface area contributed by atoms with Crippen molar-refractivity contribution in [3.05, 3.63) is 47.5 Å². The number of carbonyl (C=O) groups excluding carboxylic acids is 8. The second kappa shape index (κ2) is 26.7. The molecule has 0 aromatic heterocycles. The highest BCUT2D eigenvalue weighted by Crippen LogP contribution is 2.22. The second-order valence-corrected chi connectivity index (χ2v) is 16.8. The molecule has 1 rings (SSSR count). The molecule has 65 heavy (non-hydrogen) atoms. The Bertz CT molecular complexity index is 1930. The molecule has 0 saturated heterocycles. The molecular weight excluding hydrogens is 855 g/mol. The molecule has 0 spiro atoms. The van der Waals surface area contributed by atoms with Gasteiger partial charge in [-0.25, -0.2) is 0 Å². The van der Waals surface area contributed by atoms with Crippen LogP contribution in [0.15, 0.2) is 36.4 Å². The van der Waals surface area contributed by atoms with Crippen LogP contribution in [-0.4, -0.2) is 117 Å². The molecule has 360 valence electrons. The van der Waals surface area contributed by atoms with Crippen molar-refractivity contribution >= 4 is 65.7 Å². The van der Waals surface area contributed by atoms with Crippen LogP contribution in [0.2, 0.25) is 0 Å². The van der Waals surface area contributed by atoms with Crippen molar-refractivity contribution in [1.82, 2.24) is 31.9 Å². The molecule has 22 nitrogen and oxygen atoms in total. The number of carboxylic acid groups (broad SMARTS) is 3. The molecular formula is C43H63N7O15. The molecule has 1 aromatic rings. The Morgan fingerprint density at radius 2 is 1.29 bits per heavy atom. The fraction of sp³-hybridized carbons (Fsp3) is 0.558. The lowest BCUT2D eigenvalue weighted by Crippen LogP contribution is -2.65. The van der Waals surface area contributed by atoms with Crippen molar-refractivity contribution < 1.29 is 72.8 Å². The number of benzene rings is 1. The first kappa shape index (κ1) is 56.1. The predicted molar refractivity (Wildman–Crippen MR) is 231 cm³/mol. The number of allylic oxidation sites excluding steroid dienone is 2. The van der Waals surface area contributed by atoms with Gasteiger partial charge in [0.05, 0.1) is 12.8 Å². The van der Waals surface area contributed by atoms with E-state index in [9.17, 15) is 63.0 Å². The smallest absolute Gasteiger partial charge is 0.305 e. The zero-order valence-corrected chi connectivity index (χ0v) is 37.7. The summed E-state index contributed by atoms with van der Waals surface area (Å²) in [6.07, 6.45) is -0.475. The normalized spacial score (nSPS) is 14.5. The first-order valence-corrected chi connectivity index (χ1v) is 20.8. The molecule has 1 aromatic carbocycles. The predicted octanol–water partition coefficient (Wildman–Crippen LogP) is 0.0851. The number of primary amides is 1. The van der Waals surface area contributed by atoms with Crippen LogP contribution >= 0.6 is 0 Å². The average Bonchev–Trinajstić information content (AvgIpc) is 3.19. The molecule has 0 heterocycles. The number of carbonyl (C=O) groups is 11. The number of nitrogens with two attached hydrogens (primary N) is 1. The Kier molecular flexibility index (Phi) is 23.0. The molecule has 0 fully saturated rings. The van der Waals surface area contributed by atoms with Crippen LogP contribution in [0.1, 0.15) is 104 Å². The van der Waals surface area contributed by atoms with Crippen molar-refractivity contribution in [2.24, 2.45) is 17.1 Å². The largest absolute Gasteiger partial charge is 0.481 e. The average molecular weight is 918 g/mol. The van der Waals surface area contributed by atoms with Crippen LogP contribution in [-0.2, 0) is 63.9 Å². The van der Waals surface area contributed by atoms with Gasteiger partial charge in [0, 0.05) is 25.7 Å². The van der Waals surface area contributed by atoms with Crippen LogP contribution in [0.4, 0.5) is 0 Å². The zero-order valence-electron chi connectivity index (χ0n) is 37.7. The Morgan fingerprint density at radius 3 is 1.82 bits per heavy atom. The van der Waals surface area contributed by atoms with E-state index in [0.29, 0.717) is 11.1 Å². The van der Waals surface area contributed by atoms with Crippen molar-refractivity contribution in [3.8, 4) is 0 Å². The van der Waals surface area contributed by atoms with Gasteiger partial charge in [-0.3, -0.25) is 52.7 Å². The van der Waals surface area contributed by atoms with Gasteiger partial charge >= 0.3 is 17.9 Å². The fourth-order valence-electron chi connectivity index (χ4n) is 6.31. The summed E-state index contributed by atoms with van der Waals surface area (Å²) in [5.41, 5.74) is 3.47. The number of carboxylic acids is 3. The molecule has 0 saturated carbocycles. The van der Waals surface area contributed by atoms with Crippen molar-refractivity contribution in [2.45, 2.75) is 142 Å². The van der Waals surface area contributed by atoms with Crippen molar-refractivity contribution in [1.29, 1.82) is 0 Å². The third-order valence-electron chi connectivity index (χ3n) is 9.82. The zero-order chi connectivity index (χ0) is 49.7. The van der Waals surface area contributed by atoms with Crippen LogP contribution in [0.25, 0.3) is 0 Å². The number of nitrogens with one attached hydrogen (secondary N) is 6. The lowest BCUT2D eigenvalue weighted by Gasteiger charge is -2.35. The number of aliphatic carboxylic acids is 3. The maximum atomic E-state index is 14.4. The molecule has 6 atom stereocenters. The molecule has 7 amide bonds. The first-order valence-electron chi connectivity index (χ1n) is 20.8. The van der Waals surface area contributed by atoms with Gasteiger partial charge in [0.2, 0.25) is 35.4 Å². The first-order chi connectivity index (χ1) is 30.3. The van der Waals surface area contributed by atoms with Gasteiger partial charge in [-0.2, -0.15) is 0 Å². The van der Waals surface area contributed by atoms with E-state index in [1.807, 2.05) is 0 Å². The van der Waals surface area contributed by atoms with Crippen LogP contribution in [0, 0.1) is 18.3 Å². The summed E-state index contributed by atoms with van der Waals surface area (Å²) in [6.45, 7) is 11.7. The van der Waals surface area contributed by atoms with Crippen molar-refractivity contribution in [2.75, 3.05) is 0 Å². The quantitative estimate of drug-likeness (QED) is 0.0289. The lowest BCUT2D eigenvalue weighted by atomic mass is 9.85. The third-order valence-corrected chi connectivity index (χ3v) is 9.82. The lowest BCUT2D eigenvalue weighted by molar-refractivity contribution is -0.164. The summed E-state index contributed by atoms with van der Waals surface area (Å²) in [5.74, 6) is -11.7. The summed E-state index contributed by atoms with van der Waals surface area (Å²) >= 11 is 0.